The fourth-order valence-corrected chi connectivity index (χ4v) is 3.49. The van der Waals surface area contributed by atoms with E-state index < -0.39 is 11.4 Å². The Kier molecular flexibility index (Phi) is 5.77. The first-order valence-electron chi connectivity index (χ1n) is 8.19. The van der Waals surface area contributed by atoms with Crippen LogP contribution in [0.3, 0.4) is 0 Å². The zero-order chi connectivity index (χ0) is 16.9. The second-order valence-corrected chi connectivity index (χ2v) is 6.64. The first kappa shape index (κ1) is 17.5. The molecular weight excluding hydrogens is 294 g/mol. The van der Waals surface area contributed by atoms with Gasteiger partial charge in [0, 0.05) is 5.69 Å². The molecule has 0 aliphatic heterocycles. The molecule has 23 heavy (non-hydrogen) atoms. The molecule has 0 bridgehead atoms. The Morgan fingerprint density at radius 2 is 1.96 bits per heavy atom. The highest BCUT2D eigenvalue weighted by molar-refractivity contribution is 5.97. The van der Waals surface area contributed by atoms with E-state index in [1.165, 1.54) is 0 Å². The lowest BCUT2D eigenvalue weighted by Gasteiger charge is -2.37. The average Bonchev–Trinajstić information content (AvgIpc) is 2.55. The largest absolute Gasteiger partial charge is 0.481 e. The Hall–Kier alpha value is -1.88. The van der Waals surface area contributed by atoms with E-state index in [4.69, 9.17) is 0 Å². The van der Waals surface area contributed by atoms with Crippen LogP contribution in [-0.4, -0.2) is 22.1 Å². The molecule has 5 nitrogen and oxygen atoms in total. The minimum Gasteiger partial charge on any atom is -0.481 e. The van der Waals surface area contributed by atoms with Crippen LogP contribution in [0.25, 0.3) is 0 Å². The van der Waals surface area contributed by atoms with Crippen LogP contribution in [0, 0.1) is 11.3 Å². The van der Waals surface area contributed by atoms with Gasteiger partial charge in [0.1, 0.15) is 0 Å². The number of aliphatic hydroxyl groups excluding tert-OH is 1. The number of carboxylic acid groups (broad SMARTS) is 1. The van der Waals surface area contributed by atoms with Gasteiger partial charge in [-0.15, -0.1) is 0 Å². The lowest BCUT2D eigenvalue weighted by Crippen LogP contribution is -2.42. The number of hydrogen-bond acceptors (Lipinski definition) is 3. The molecule has 1 aromatic rings. The quantitative estimate of drug-likeness (QED) is 0.751. The van der Waals surface area contributed by atoms with E-state index >= 15 is 0 Å². The van der Waals surface area contributed by atoms with Crippen molar-refractivity contribution in [3.8, 4) is 0 Å². The Bertz CT molecular complexity index is 566. The van der Waals surface area contributed by atoms with Crippen molar-refractivity contribution in [2.24, 2.45) is 11.3 Å². The van der Waals surface area contributed by atoms with Gasteiger partial charge in [-0.25, -0.2) is 0 Å². The van der Waals surface area contributed by atoms with Crippen LogP contribution >= 0.6 is 0 Å². The molecule has 1 saturated carbocycles. The van der Waals surface area contributed by atoms with Crippen LogP contribution in [0.2, 0.25) is 0 Å². The van der Waals surface area contributed by atoms with Gasteiger partial charge in [0.15, 0.2) is 0 Å². The summed E-state index contributed by atoms with van der Waals surface area (Å²) in [5.41, 5.74) is 0.385. The third kappa shape index (κ3) is 4.32. The lowest BCUT2D eigenvalue weighted by atomic mass is 9.67. The maximum atomic E-state index is 12.8. The SMILES string of the molecule is CC(CC(=O)O)(C(=O)Nc1cccc(CO)c1)C1CCCCC1. The molecule has 1 amide bonds. The molecule has 1 atom stereocenters. The molecule has 2 rings (SSSR count). The lowest BCUT2D eigenvalue weighted by molar-refractivity contribution is -0.145. The number of carbonyl (C=O) groups is 2. The molecule has 0 spiro atoms. The second-order valence-electron chi connectivity index (χ2n) is 6.64. The van der Waals surface area contributed by atoms with E-state index in [1.54, 1.807) is 31.2 Å². The van der Waals surface area contributed by atoms with Crippen molar-refractivity contribution in [3.63, 3.8) is 0 Å². The van der Waals surface area contributed by atoms with Crippen molar-refractivity contribution >= 4 is 17.6 Å². The van der Waals surface area contributed by atoms with Crippen LogP contribution in [0.4, 0.5) is 5.69 Å². The van der Waals surface area contributed by atoms with Gasteiger partial charge < -0.3 is 15.5 Å². The molecule has 0 heterocycles. The number of benzene rings is 1. The second kappa shape index (κ2) is 7.59. The molecule has 0 aromatic heterocycles. The molecule has 3 N–H and O–H groups in total. The molecule has 1 aromatic carbocycles. The number of carbonyl (C=O) groups excluding carboxylic acids is 1. The van der Waals surface area contributed by atoms with Crippen molar-refractivity contribution < 1.29 is 19.8 Å². The minimum absolute atomic E-state index is 0.0911. The highest BCUT2D eigenvalue weighted by Crippen LogP contribution is 2.42. The molecule has 1 aliphatic carbocycles. The molecule has 5 heteroatoms. The Labute approximate surface area is 136 Å². The van der Waals surface area contributed by atoms with E-state index in [1.807, 2.05) is 0 Å². The van der Waals surface area contributed by atoms with Crippen molar-refractivity contribution in [2.45, 2.75) is 52.1 Å². The number of amides is 1. The topological polar surface area (TPSA) is 86.6 Å². The molecular formula is C18H25NO4. The van der Waals surface area contributed by atoms with Gasteiger partial charge in [-0.3, -0.25) is 9.59 Å². The van der Waals surface area contributed by atoms with Crippen LogP contribution in [0.15, 0.2) is 24.3 Å². The van der Waals surface area contributed by atoms with Gasteiger partial charge in [0.2, 0.25) is 5.91 Å². The number of aliphatic hydroxyl groups is 1. The molecule has 0 saturated heterocycles. The van der Waals surface area contributed by atoms with E-state index in [0.29, 0.717) is 11.3 Å². The Balaban J connectivity index is 2.19. The van der Waals surface area contributed by atoms with Gasteiger partial charge >= 0.3 is 5.97 Å². The Morgan fingerprint density at radius 1 is 1.26 bits per heavy atom. The van der Waals surface area contributed by atoms with E-state index in [0.717, 1.165) is 32.1 Å². The summed E-state index contributed by atoms with van der Waals surface area (Å²) >= 11 is 0. The van der Waals surface area contributed by atoms with Crippen LogP contribution in [0.5, 0.6) is 0 Å². The van der Waals surface area contributed by atoms with E-state index in [-0.39, 0.29) is 24.9 Å². The maximum absolute atomic E-state index is 12.8. The summed E-state index contributed by atoms with van der Waals surface area (Å²) in [5, 5.41) is 21.3. The number of rotatable bonds is 6. The Morgan fingerprint density at radius 3 is 2.57 bits per heavy atom. The van der Waals surface area contributed by atoms with Crippen molar-refractivity contribution in [3.05, 3.63) is 29.8 Å². The zero-order valence-electron chi connectivity index (χ0n) is 13.5. The number of hydrogen-bond donors (Lipinski definition) is 3. The molecule has 0 radical (unpaired) electrons. The van der Waals surface area contributed by atoms with Gasteiger partial charge in [-0.1, -0.05) is 31.4 Å². The smallest absolute Gasteiger partial charge is 0.304 e. The first-order chi connectivity index (χ1) is 11.0. The fraction of sp³-hybridized carbons (Fsp3) is 0.556. The number of nitrogens with one attached hydrogen (secondary N) is 1. The first-order valence-corrected chi connectivity index (χ1v) is 8.19. The predicted octanol–water partition coefficient (Wildman–Crippen LogP) is 3.18. The highest BCUT2D eigenvalue weighted by atomic mass is 16.4. The molecule has 126 valence electrons. The van der Waals surface area contributed by atoms with Crippen molar-refractivity contribution in [2.75, 3.05) is 5.32 Å². The summed E-state index contributed by atoms with van der Waals surface area (Å²) in [6.45, 7) is 1.67. The predicted molar refractivity (Wildman–Crippen MR) is 87.9 cm³/mol. The average molecular weight is 319 g/mol. The highest BCUT2D eigenvalue weighted by Gasteiger charge is 2.43. The van der Waals surface area contributed by atoms with Gasteiger partial charge in [0.05, 0.1) is 18.4 Å². The van der Waals surface area contributed by atoms with Gasteiger partial charge in [-0.2, -0.15) is 0 Å². The standard InChI is InChI=1S/C18H25NO4/c1-18(11-16(21)22,14-7-3-2-4-8-14)17(23)19-15-9-5-6-13(10-15)12-20/h5-6,9-10,14,20H,2-4,7-8,11-12H2,1H3,(H,19,23)(H,21,22). The third-order valence-electron chi connectivity index (χ3n) is 4.91. The van der Waals surface area contributed by atoms with E-state index in [2.05, 4.69) is 5.32 Å². The molecule has 1 fully saturated rings. The number of anilines is 1. The number of carboxylic acids is 1. The van der Waals surface area contributed by atoms with Crippen molar-refractivity contribution in [1.82, 2.24) is 0 Å². The fourth-order valence-electron chi connectivity index (χ4n) is 3.49. The normalized spacial score (nSPS) is 18.2. The summed E-state index contributed by atoms with van der Waals surface area (Å²) in [7, 11) is 0. The van der Waals surface area contributed by atoms with E-state index in [9.17, 15) is 19.8 Å². The van der Waals surface area contributed by atoms with Crippen LogP contribution < -0.4 is 5.32 Å². The zero-order valence-corrected chi connectivity index (χ0v) is 13.5. The molecule has 1 unspecified atom stereocenters. The van der Waals surface area contributed by atoms with Crippen LogP contribution in [-0.2, 0) is 16.2 Å². The van der Waals surface area contributed by atoms with Crippen molar-refractivity contribution in [1.29, 1.82) is 0 Å². The van der Waals surface area contributed by atoms with Crippen LogP contribution in [0.1, 0.15) is 51.0 Å². The van der Waals surface area contributed by atoms with Gasteiger partial charge in [0.25, 0.3) is 0 Å². The summed E-state index contributed by atoms with van der Waals surface area (Å²) in [6, 6.07) is 6.99. The monoisotopic (exact) mass is 319 g/mol. The molecule has 1 aliphatic rings. The maximum Gasteiger partial charge on any atom is 0.304 e. The summed E-state index contributed by atoms with van der Waals surface area (Å²) in [5.74, 6) is -1.10. The number of aliphatic carboxylic acids is 1. The third-order valence-corrected chi connectivity index (χ3v) is 4.91. The minimum atomic E-state index is -0.947. The summed E-state index contributed by atoms with van der Waals surface area (Å²) in [6.07, 6.45) is 4.88. The van der Waals surface area contributed by atoms with Gasteiger partial charge in [-0.05, 0) is 43.4 Å². The summed E-state index contributed by atoms with van der Waals surface area (Å²) in [4.78, 5) is 24.1. The summed E-state index contributed by atoms with van der Waals surface area (Å²) < 4.78 is 0.